The summed E-state index contributed by atoms with van der Waals surface area (Å²) in [7, 11) is 0. The van der Waals surface area contributed by atoms with Gasteiger partial charge in [-0.05, 0) is 24.5 Å². The molecule has 0 bridgehead atoms. The van der Waals surface area contributed by atoms with Gasteiger partial charge in [-0.1, -0.05) is 30.5 Å². The lowest BCUT2D eigenvalue weighted by atomic mass is 9.91. The van der Waals surface area contributed by atoms with Crippen LogP contribution in [0.3, 0.4) is 0 Å². The number of nitro groups is 1. The topological polar surface area (TPSA) is 83.7 Å². The van der Waals surface area contributed by atoms with Crippen molar-refractivity contribution in [1.29, 1.82) is 0 Å². The predicted octanol–water partition coefficient (Wildman–Crippen LogP) is 2.00. The van der Waals surface area contributed by atoms with Crippen molar-refractivity contribution in [2.75, 3.05) is 0 Å². The molecule has 2 atom stereocenters. The number of halogens is 1. The highest BCUT2D eigenvalue weighted by Gasteiger charge is 2.40. The van der Waals surface area contributed by atoms with Crippen molar-refractivity contribution in [2.24, 2.45) is 5.10 Å². The number of hydrazone groups is 1. The zero-order chi connectivity index (χ0) is 14.8. The van der Waals surface area contributed by atoms with E-state index in [9.17, 15) is 10.1 Å². The van der Waals surface area contributed by atoms with Crippen LogP contribution in [0.1, 0.15) is 31.2 Å². The third kappa shape index (κ3) is 3.07. The second kappa shape index (κ2) is 5.85. The van der Waals surface area contributed by atoms with Crippen molar-refractivity contribution in [3.05, 3.63) is 39.2 Å². The van der Waals surface area contributed by atoms with Crippen LogP contribution in [-0.2, 0) is 6.54 Å². The number of nitrogens with one attached hydrogen (secondary N) is 1. The maximum Gasteiger partial charge on any atom is 0.272 e. The van der Waals surface area contributed by atoms with Gasteiger partial charge < -0.3 is 10.2 Å². The largest absolute Gasteiger partial charge is 0.346 e. The summed E-state index contributed by atoms with van der Waals surface area (Å²) >= 11 is 5.79. The molecule has 3 rings (SSSR count). The lowest BCUT2D eigenvalue weighted by Crippen LogP contribution is -2.38. The smallest absolute Gasteiger partial charge is 0.272 e. The van der Waals surface area contributed by atoms with Crippen molar-refractivity contribution in [1.82, 2.24) is 15.2 Å². The van der Waals surface area contributed by atoms with Crippen molar-refractivity contribution in [3.8, 4) is 0 Å². The molecule has 112 valence electrons. The lowest BCUT2D eigenvalue weighted by Gasteiger charge is -2.30. The Hall–Kier alpha value is -1.89. The van der Waals surface area contributed by atoms with E-state index in [2.05, 4.69) is 15.4 Å². The SMILES string of the molecule is O=[N+]([O-])/N=C1\N[C@H]2CCCC[C@H]2N1Cc1ccc(Cl)nc1. The molecular weight excluding hydrogens is 294 g/mol. The first-order chi connectivity index (χ1) is 10.1. The second-order valence-corrected chi connectivity index (χ2v) is 5.77. The minimum Gasteiger partial charge on any atom is -0.346 e. The lowest BCUT2D eigenvalue weighted by molar-refractivity contribution is -0.485. The molecular formula is C13H16ClN5O2. The fraction of sp³-hybridized carbons (Fsp3) is 0.538. The molecule has 1 aromatic rings. The standard InChI is InChI=1S/C13H16ClN5O2/c14-12-6-5-9(7-15-12)8-18-11-4-2-1-3-10(11)16-13(18)17-19(20)21/h5-7,10-11H,1-4,8H2,(H,16,17)/t10-,11+/m0/s1. The van der Waals surface area contributed by atoms with Gasteiger partial charge in [0.2, 0.25) is 0 Å². The molecule has 7 nitrogen and oxygen atoms in total. The first-order valence-electron chi connectivity index (χ1n) is 7.00. The Morgan fingerprint density at radius 2 is 2.29 bits per heavy atom. The van der Waals surface area contributed by atoms with Gasteiger partial charge in [-0.25, -0.2) is 15.1 Å². The number of nitrogens with zero attached hydrogens (tertiary/aromatic N) is 4. The minimum atomic E-state index is -0.646. The first kappa shape index (κ1) is 14.1. The third-order valence-electron chi connectivity index (χ3n) is 4.03. The fourth-order valence-electron chi connectivity index (χ4n) is 3.11. The molecule has 0 amide bonds. The summed E-state index contributed by atoms with van der Waals surface area (Å²) in [6.45, 7) is 0.547. The van der Waals surface area contributed by atoms with Crippen LogP contribution in [0, 0.1) is 10.1 Å². The molecule has 0 spiro atoms. The van der Waals surface area contributed by atoms with Gasteiger partial charge in [0.1, 0.15) is 10.3 Å². The average molecular weight is 310 g/mol. The maximum absolute atomic E-state index is 10.7. The van der Waals surface area contributed by atoms with Crippen LogP contribution in [0.15, 0.2) is 23.4 Å². The van der Waals surface area contributed by atoms with E-state index < -0.39 is 5.03 Å². The highest BCUT2D eigenvalue weighted by Crippen LogP contribution is 2.29. The van der Waals surface area contributed by atoms with Gasteiger partial charge in [-0.2, -0.15) is 0 Å². The Kier molecular flexibility index (Phi) is 3.92. The summed E-state index contributed by atoms with van der Waals surface area (Å²) < 4.78 is 0. The monoisotopic (exact) mass is 309 g/mol. The van der Waals surface area contributed by atoms with E-state index in [1.165, 1.54) is 0 Å². The zero-order valence-electron chi connectivity index (χ0n) is 11.4. The molecule has 2 aliphatic rings. The molecule has 8 heteroatoms. The van der Waals surface area contributed by atoms with Crippen LogP contribution in [0.5, 0.6) is 0 Å². The molecule has 0 radical (unpaired) electrons. The minimum absolute atomic E-state index is 0.248. The molecule has 1 saturated heterocycles. The quantitative estimate of drug-likeness (QED) is 0.524. The van der Waals surface area contributed by atoms with Gasteiger partial charge in [0, 0.05) is 18.8 Å². The molecule has 2 fully saturated rings. The summed E-state index contributed by atoms with van der Waals surface area (Å²) in [6.07, 6.45) is 6.04. The Morgan fingerprint density at radius 3 is 3.00 bits per heavy atom. The average Bonchev–Trinajstić information content (AvgIpc) is 2.78. The molecule has 0 unspecified atom stereocenters. The molecule has 21 heavy (non-hydrogen) atoms. The van der Waals surface area contributed by atoms with Gasteiger partial charge >= 0.3 is 0 Å². The van der Waals surface area contributed by atoms with E-state index >= 15 is 0 Å². The van der Waals surface area contributed by atoms with Crippen LogP contribution in [0.2, 0.25) is 5.15 Å². The van der Waals surface area contributed by atoms with E-state index in [4.69, 9.17) is 11.6 Å². The molecule has 1 aliphatic carbocycles. The summed E-state index contributed by atoms with van der Waals surface area (Å²) in [4.78, 5) is 16.8. The van der Waals surface area contributed by atoms with E-state index in [1.54, 1.807) is 12.3 Å². The Morgan fingerprint density at radius 1 is 1.48 bits per heavy atom. The number of hydrogen-bond donors (Lipinski definition) is 1. The van der Waals surface area contributed by atoms with Crippen LogP contribution in [0.4, 0.5) is 0 Å². The van der Waals surface area contributed by atoms with Crippen LogP contribution >= 0.6 is 11.6 Å². The predicted molar refractivity (Wildman–Crippen MR) is 78.4 cm³/mol. The van der Waals surface area contributed by atoms with Gasteiger partial charge in [-0.15, -0.1) is 0 Å². The highest BCUT2D eigenvalue weighted by molar-refractivity contribution is 6.29. The van der Waals surface area contributed by atoms with Gasteiger partial charge in [-0.3, -0.25) is 0 Å². The summed E-state index contributed by atoms with van der Waals surface area (Å²) in [5.74, 6) is 0.354. The number of rotatable bonds is 3. The third-order valence-corrected chi connectivity index (χ3v) is 4.26. The van der Waals surface area contributed by atoms with Gasteiger partial charge in [0.15, 0.2) is 5.03 Å². The van der Waals surface area contributed by atoms with Gasteiger partial charge in [0.05, 0.1) is 6.04 Å². The Bertz CT molecular complexity index is 562. The van der Waals surface area contributed by atoms with Crippen molar-refractivity contribution >= 4 is 17.6 Å². The molecule has 1 saturated carbocycles. The van der Waals surface area contributed by atoms with E-state index in [1.807, 2.05) is 11.0 Å². The number of guanidine groups is 1. The fourth-order valence-corrected chi connectivity index (χ4v) is 3.22. The Labute approximate surface area is 127 Å². The molecule has 1 aromatic heterocycles. The number of fused-ring (bicyclic) bond motifs is 1. The first-order valence-corrected chi connectivity index (χ1v) is 7.38. The number of pyridine rings is 1. The van der Waals surface area contributed by atoms with Crippen molar-refractivity contribution in [3.63, 3.8) is 0 Å². The Balaban J connectivity index is 1.84. The molecule has 1 N–H and O–H groups in total. The van der Waals surface area contributed by atoms with Crippen molar-refractivity contribution < 1.29 is 5.03 Å². The summed E-state index contributed by atoms with van der Waals surface area (Å²) in [6, 6.07) is 4.11. The van der Waals surface area contributed by atoms with E-state index in [0.717, 1.165) is 31.2 Å². The zero-order valence-corrected chi connectivity index (χ0v) is 12.2. The van der Waals surface area contributed by atoms with Gasteiger partial charge in [0.25, 0.3) is 5.96 Å². The summed E-state index contributed by atoms with van der Waals surface area (Å²) in [5.41, 5.74) is 0.962. The van der Waals surface area contributed by atoms with E-state index in [-0.39, 0.29) is 12.1 Å². The van der Waals surface area contributed by atoms with Crippen LogP contribution < -0.4 is 5.32 Å². The highest BCUT2D eigenvalue weighted by atomic mass is 35.5. The van der Waals surface area contributed by atoms with Crippen LogP contribution in [0.25, 0.3) is 0 Å². The molecule has 1 aliphatic heterocycles. The molecule has 0 aromatic carbocycles. The summed E-state index contributed by atoms with van der Waals surface area (Å²) in [5, 5.41) is 17.2. The van der Waals surface area contributed by atoms with E-state index in [0.29, 0.717) is 17.7 Å². The molecule has 2 heterocycles. The normalized spacial score (nSPS) is 26.5. The second-order valence-electron chi connectivity index (χ2n) is 5.38. The number of hydrogen-bond acceptors (Lipinski definition) is 3. The van der Waals surface area contributed by atoms with Crippen LogP contribution in [-0.4, -0.2) is 33.0 Å². The number of aromatic nitrogens is 1. The van der Waals surface area contributed by atoms with Crippen molar-refractivity contribution in [2.45, 2.75) is 44.3 Å². The maximum atomic E-state index is 10.7.